The molecule has 0 amide bonds. The first-order valence-electron chi connectivity index (χ1n) is 4.23. The first-order chi connectivity index (χ1) is 6.14. The molecule has 3 nitrogen and oxygen atoms in total. The van der Waals surface area contributed by atoms with Crippen LogP contribution in [0.3, 0.4) is 0 Å². The van der Waals surface area contributed by atoms with Gasteiger partial charge in [0.1, 0.15) is 0 Å². The van der Waals surface area contributed by atoms with Crippen molar-refractivity contribution in [3.05, 3.63) is 24.0 Å². The maximum Gasteiger partial charge on any atom is 0.151 e. The largest absolute Gasteiger partial charge is 0.398 e. The van der Waals surface area contributed by atoms with Gasteiger partial charge in [-0.25, -0.2) is 4.39 Å². The van der Waals surface area contributed by atoms with E-state index in [0.29, 0.717) is 17.7 Å². The lowest BCUT2D eigenvalue weighted by Gasteiger charge is -2.23. The van der Waals surface area contributed by atoms with Crippen molar-refractivity contribution in [3.63, 3.8) is 0 Å². The zero-order valence-electron chi connectivity index (χ0n) is 7.63. The van der Waals surface area contributed by atoms with E-state index in [-0.39, 0.29) is 6.54 Å². The van der Waals surface area contributed by atoms with Crippen molar-refractivity contribution in [2.24, 2.45) is 5.73 Å². The van der Waals surface area contributed by atoms with Crippen LogP contribution < -0.4 is 11.5 Å². The number of nitrogens with zero attached hydrogens (tertiary/aromatic N) is 1. The van der Waals surface area contributed by atoms with Crippen LogP contribution in [0.1, 0.15) is 18.9 Å². The van der Waals surface area contributed by atoms with Gasteiger partial charge in [-0.1, -0.05) is 6.92 Å². The van der Waals surface area contributed by atoms with Crippen molar-refractivity contribution in [2.75, 3.05) is 12.3 Å². The zero-order valence-corrected chi connectivity index (χ0v) is 7.63. The Labute approximate surface area is 77.0 Å². The van der Waals surface area contributed by atoms with Gasteiger partial charge in [0, 0.05) is 30.2 Å². The Bertz CT molecular complexity index is 284. The average Bonchev–Trinajstić information content (AvgIpc) is 2.17. The van der Waals surface area contributed by atoms with Crippen LogP contribution in [-0.2, 0) is 5.67 Å². The first-order valence-corrected chi connectivity index (χ1v) is 4.23. The van der Waals surface area contributed by atoms with Gasteiger partial charge in [-0.05, 0) is 12.5 Å². The fraction of sp³-hybridized carbons (Fsp3) is 0.444. The Morgan fingerprint density at radius 3 is 2.77 bits per heavy atom. The van der Waals surface area contributed by atoms with Crippen molar-refractivity contribution >= 4 is 5.69 Å². The first kappa shape index (κ1) is 9.92. The molecule has 4 heteroatoms. The molecule has 0 saturated heterocycles. The van der Waals surface area contributed by atoms with Gasteiger partial charge in [-0.2, -0.15) is 0 Å². The molecule has 0 aliphatic heterocycles. The highest BCUT2D eigenvalue weighted by Gasteiger charge is 2.30. The number of hydrogen-bond acceptors (Lipinski definition) is 3. The standard InChI is InChI=1S/C9H14FN3/c1-2-9(10,6-11)7-5-13-4-3-8(7)12/h3-5H,2,6,11H2,1H3,(H2,12,13). The Hall–Kier alpha value is -1.16. The molecule has 13 heavy (non-hydrogen) atoms. The number of halogens is 1. The Morgan fingerprint density at radius 2 is 2.31 bits per heavy atom. The van der Waals surface area contributed by atoms with Gasteiger partial charge in [0.05, 0.1) is 0 Å². The summed E-state index contributed by atoms with van der Waals surface area (Å²) in [5.41, 5.74) is 10.2. The van der Waals surface area contributed by atoms with E-state index in [1.165, 1.54) is 12.4 Å². The van der Waals surface area contributed by atoms with Crippen LogP contribution in [0.15, 0.2) is 18.5 Å². The van der Waals surface area contributed by atoms with E-state index in [1.54, 1.807) is 13.0 Å². The smallest absolute Gasteiger partial charge is 0.151 e. The summed E-state index contributed by atoms with van der Waals surface area (Å²) in [6.07, 6.45) is 3.27. The zero-order chi connectivity index (χ0) is 9.90. The third kappa shape index (κ3) is 1.78. The summed E-state index contributed by atoms with van der Waals surface area (Å²) < 4.78 is 14.0. The molecule has 1 heterocycles. The average molecular weight is 183 g/mol. The molecule has 1 rings (SSSR count). The summed E-state index contributed by atoms with van der Waals surface area (Å²) in [6, 6.07) is 1.58. The molecule has 1 atom stereocenters. The minimum absolute atomic E-state index is 0.0700. The quantitative estimate of drug-likeness (QED) is 0.740. The number of anilines is 1. The lowest BCUT2D eigenvalue weighted by atomic mass is 9.93. The van der Waals surface area contributed by atoms with E-state index < -0.39 is 5.67 Å². The van der Waals surface area contributed by atoms with Crippen LogP contribution in [0.4, 0.5) is 10.1 Å². The number of alkyl halides is 1. The summed E-state index contributed by atoms with van der Waals surface area (Å²) in [5, 5.41) is 0. The highest BCUT2D eigenvalue weighted by atomic mass is 19.1. The van der Waals surface area contributed by atoms with Crippen LogP contribution in [0, 0.1) is 0 Å². The normalized spacial score (nSPS) is 15.3. The predicted molar refractivity (Wildman–Crippen MR) is 50.8 cm³/mol. The van der Waals surface area contributed by atoms with Gasteiger partial charge in [0.15, 0.2) is 5.67 Å². The lowest BCUT2D eigenvalue weighted by Crippen LogP contribution is -2.30. The topological polar surface area (TPSA) is 64.9 Å². The molecule has 0 bridgehead atoms. The third-order valence-electron chi connectivity index (χ3n) is 2.22. The van der Waals surface area contributed by atoms with Crippen molar-refractivity contribution in [2.45, 2.75) is 19.0 Å². The van der Waals surface area contributed by atoms with Gasteiger partial charge in [-0.3, -0.25) is 4.98 Å². The highest BCUT2D eigenvalue weighted by Crippen LogP contribution is 2.31. The lowest BCUT2D eigenvalue weighted by molar-refractivity contribution is 0.169. The van der Waals surface area contributed by atoms with Gasteiger partial charge in [-0.15, -0.1) is 0 Å². The molecule has 1 aromatic rings. The predicted octanol–water partition coefficient (Wildman–Crippen LogP) is 1.20. The van der Waals surface area contributed by atoms with E-state index in [2.05, 4.69) is 4.98 Å². The van der Waals surface area contributed by atoms with Crippen LogP contribution in [0.25, 0.3) is 0 Å². The number of nitrogen functional groups attached to an aromatic ring is 1. The van der Waals surface area contributed by atoms with Gasteiger partial charge in [0.25, 0.3) is 0 Å². The molecule has 0 spiro atoms. The molecule has 0 fully saturated rings. The Kier molecular flexibility index (Phi) is 2.83. The summed E-state index contributed by atoms with van der Waals surface area (Å²) >= 11 is 0. The molecule has 0 aliphatic rings. The van der Waals surface area contributed by atoms with E-state index in [9.17, 15) is 4.39 Å². The number of rotatable bonds is 3. The molecular formula is C9H14FN3. The van der Waals surface area contributed by atoms with Crippen LogP contribution >= 0.6 is 0 Å². The second-order valence-electron chi connectivity index (χ2n) is 2.99. The molecule has 0 radical (unpaired) electrons. The van der Waals surface area contributed by atoms with E-state index >= 15 is 0 Å². The summed E-state index contributed by atoms with van der Waals surface area (Å²) in [5.74, 6) is 0. The number of hydrogen-bond donors (Lipinski definition) is 2. The summed E-state index contributed by atoms with van der Waals surface area (Å²) in [6.45, 7) is 1.67. The van der Waals surface area contributed by atoms with Gasteiger partial charge < -0.3 is 11.5 Å². The second kappa shape index (κ2) is 3.70. The van der Waals surface area contributed by atoms with Gasteiger partial charge in [0.2, 0.25) is 0 Å². The van der Waals surface area contributed by atoms with Crippen LogP contribution in [-0.4, -0.2) is 11.5 Å². The fourth-order valence-corrected chi connectivity index (χ4v) is 1.22. The SMILES string of the molecule is CCC(F)(CN)c1cnccc1N. The summed E-state index contributed by atoms with van der Waals surface area (Å²) in [4.78, 5) is 3.83. The van der Waals surface area contributed by atoms with E-state index in [1.807, 2.05) is 0 Å². The molecule has 0 aliphatic carbocycles. The number of aromatic nitrogens is 1. The van der Waals surface area contributed by atoms with E-state index in [0.717, 1.165) is 0 Å². The maximum absolute atomic E-state index is 14.0. The number of pyridine rings is 1. The minimum atomic E-state index is -1.54. The maximum atomic E-state index is 14.0. The summed E-state index contributed by atoms with van der Waals surface area (Å²) in [7, 11) is 0. The Morgan fingerprint density at radius 1 is 1.62 bits per heavy atom. The molecule has 0 saturated carbocycles. The van der Waals surface area contributed by atoms with E-state index in [4.69, 9.17) is 11.5 Å². The molecular weight excluding hydrogens is 169 g/mol. The molecule has 0 aromatic carbocycles. The molecule has 4 N–H and O–H groups in total. The minimum Gasteiger partial charge on any atom is -0.398 e. The Balaban J connectivity index is 3.12. The second-order valence-corrected chi connectivity index (χ2v) is 2.99. The highest BCUT2D eigenvalue weighted by molar-refractivity contribution is 5.47. The van der Waals surface area contributed by atoms with Crippen molar-refractivity contribution in [3.8, 4) is 0 Å². The fourth-order valence-electron chi connectivity index (χ4n) is 1.22. The van der Waals surface area contributed by atoms with Crippen LogP contribution in [0.5, 0.6) is 0 Å². The monoisotopic (exact) mass is 183 g/mol. The van der Waals surface area contributed by atoms with Crippen LogP contribution in [0.2, 0.25) is 0 Å². The molecule has 1 aromatic heterocycles. The third-order valence-corrected chi connectivity index (χ3v) is 2.22. The van der Waals surface area contributed by atoms with Crippen molar-refractivity contribution in [1.29, 1.82) is 0 Å². The molecule has 72 valence electrons. The number of nitrogens with two attached hydrogens (primary N) is 2. The molecule has 1 unspecified atom stereocenters. The van der Waals surface area contributed by atoms with Gasteiger partial charge >= 0.3 is 0 Å². The van der Waals surface area contributed by atoms with Crippen molar-refractivity contribution in [1.82, 2.24) is 4.98 Å². The van der Waals surface area contributed by atoms with Crippen molar-refractivity contribution < 1.29 is 4.39 Å².